The van der Waals surface area contributed by atoms with Crippen LogP contribution in [0, 0.1) is 6.92 Å². The summed E-state index contributed by atoms with van der Waals surface area (Å²) in [4.78, 5) is 14.1. The van der Waals surface area contributed by atoms with Crippen molar-refractivity contribution in [2.45, 2.75) is 19.1 Å². The Bertz CT molecular complexity index is 366. The van der Waals surface area contributed by atoms with Gasteiger partial charge in [0.05, 0.1) is 17.1 Å². The molecule has 2 atom stereocenters. The van der Waals surface area contributed by atoms with Crippen LogP contribution in [0.2, 0.25) is 0 Å². The molecule has 15 heavy (non-hydrogen) atoms. The second-order valence-corrected chi connectivity index (χ2v) is 4.69. The average Bonchev–Trinajstić information content (AvgIpc) is 2.74. The number of hydrogen-bond donors (Lipinski definition) is 2. The summed E-state index contributed by atoms with van der Waals surface area (Å²) in [6.45, 7) is 2.32. The molecule has 0 aromatic carbocycles. The number of carbonyl (C=O) groups excluding carboxylic acids is 1. The van der Waals surface area contributed by atoms with Crippen molar-refractivity contribution < 1.29 is 15.0 Å². The lowest BCUT2D eigenvalue weighted by Gasteiger charge is -2.14. The Morgan fingerprint density at radius 3 is 2.53 bits per heavy atom. The summed E-state index contributed by atoms with van der Waals surface area (Å²) < 4.78 is 0. The van der Waals surface area contributed by atoms with Crippen LogP contribution < -0.4 is 0 Å². The summed E-state index contributed by atoms with van der Waals surface area (Å²) >= 11 is 1.39. The number of amides is 1. The molecule has 0 saturated carbocycles. The molecule has 0 spiro atoms. The summed E-state index contributed by atoms with van der Waals surface area (Å²) in [6.07, 6.45) is -1.62. The van der Waals surface area contributed by atoms with Gasteiger partial charge in [0.25, 0.3) is 5.91 Å². The molecule has 1 amide bonds. The summed E-state index contributed by atoms with van der Waals surface area (Å²) in [5, 5.41) is 20.6. The lowest BCUT2D eigenvalue weighted by atomic mass is 10.3. The van der Waals surface area contributed by atoms with E-state index < -0.39 is 12.2 Å². The number of aliphatic hydroxyl groups is 2. The van der Waals surface area contributed by atoms with E-state index in [-0.39, 0.29) is 19.0 Å². The normalized spacial score (nSPS) is 25.9. The molecule has 1 aliphatic rings. The summed E-state index contributed by atoms with van der Waals surface area (Å²) in [5.41, 5.74) is 0.945. The van der Waals surface area contributed by atoms with E-state index in [1.165, 1.54) is 16.2 Å². The second-order valence-electron chi connectivity index (χ2n) is 3.78. The highest BCUT2D eigenvalue weighted by atomic mass is 32.1. The van der Waals surface area contributed by atoms with Crippen molar-refractivity contribution in [1.29, 1.82) is 0 Å². The molecule has 0 radical (unpaired) electrons. The molecular weight excluding hydrogens is 214 g/mol. The first-order valence-electron chi connectivity index (χ1n) is 4.79. The predicted molar refractivity (Wildman–Crippen MR) is 57.0 cm³/mol. The highest BCUT2D eigenvalue weighted by molar-refractivity contribution is 7.12. The Balaban J connectivity index is 2.13. The fourth-order valence-electron chi connectivity index (χ4n) is 1.67. The van der Waals surface area contributed by atoms with Gasteiger partial charge in [-0.15, -0.1) is 11.3 Å². The molecule has 82 valence electrons. The predicted octanol–water partition coefficient (Wildman–Crippen LogP) is 0.234. The van der Waals surface area contributed by atoms with Crippen LogP contribution in [0.5, 0.6) is 0 Å². The average molecular weight is 227 g/mol. The number of rotatable bonds is 1. The zero-order chi connectivity index (χ0) is 11.0. The molecule has 1 aliphatic heterocycles. The minimum Gasteiger partial charge on any atom is -0.388 e. The first-order chi connectivity index (χ1) is 7.09. The van der Waals surface area contributed by atoms with Gasteiger partial charge >= 0.3 is 0 Å². The fourth-order valence-corrected chi connectivity index (χ4v) is 2.56. The Hall–Kier alpha value is -0.910. The quantitative estimate of drug-likeness (QED) is 0.722. The van der Waals surface area contributed by atoms with Gasteiger partial charge in [0.1, 0.15) is 0 Å². The molecule has 4 nitrogen and oxygen atoms in total. The lowest BCUT2D eigenvalue weighted by Crippen LogP contribution is -2.29. The molecule has 0 bridgehead atoms. The lowest BCUT2D eigenvalue weighted by molar-refractivity contribution is 0.0572. The third-order valence-electron chi connectivity index (χ3n) is 2.60. The Morgan fingerprint density at radius 2 is 2.07 bits per heavy atom. The molecule has 5 heteroatoms. The Labute approximate surface area is 91.8 Å². The van der Waals surface area contributed by atoms with Gasteiger partial charge in [0.15, 0.2) is 0 Å². The molecule has 1 aromatic heterocycles. The molecule has 2 heterocycles. The van der Waals surface area contributed by atoms with E-state index in [2.05, 4.69) is 0 Å². The molecular formula is C10H13NO3S. The van der Waals surface area contributed by atoms with E-state index in [4.69, 9.17) is 0 Å². The second kappa shape index (κ2) is 3.92. The van der Waals surface area contributed by atoms with Crippen molar-refractivity contribution in [2.75, 3.05) is 13.1 Å². The SMILES string of the molecule is Cc1ccsc1C(=O)N1C[C@@H](O)[C@@H](O)C1. The van der Waals surface area contributed by atoms with Gasteiger partial charge in [-0.1, -0.05) is 0 Å². The van der Waals surface area contributed by atoms with Crippen LogP contribution in [-0.4, -0.2) is 46.3 Å². The number of carbonyl (C=O) groups is 1. The van der Waals surface area contributed by atoms with Crippen molar-refractivity contribution in [2.24, 2.45) is 0 Å². The van der Waals surface area contributed by atoms with E-state index >= 15 is 0 Å². The number of likely N-dealkylation sites (tertiary alicyclic amines) is 1. The van der Waals surface area contributed by atoms with Gasteiger partial charge in [-0.05, 0) is 23.9 Å². The van der Waals surface area contributed by atoms with Gasteiger partial charge in [-0.25, -0.2) is 0 Å². The first-order valence-corrected chi connectivity index (χ1v) is 5.67. The molecule has 2 rings (SSSR count). The van der Waals surface area contributed by atoms with Gasteiger partial charge in [0, 0.05) is 13.1 Å². The maximum atomic E-state index is 11.9. The van der Waals surface area contributed by atoms with E-state index in [9.17, 15) is 15.0 Å². The van der Waals surface area contributed by atoms with Crippen molar-refractivity contribution in [3.8, 4) is 0 Å². The number of aliphatic hydroxyl groups excluding tert-OH is 2. The molecule has 1 fully saturated rings. The standard InChI is InChI=1S/C10H13NO3S/c1-6-2-3-15-9(6)10(14)11-4-7(12)8(13)5-11/h2-3,7-8,12-13H,4-5H2,1H3/t7-,8+. The number of nitrogens with zero attached hydrogens (tertiary/aromatic N) is 1. The van der Waals surface area contributed by atoms with Crippen molar-refractivity contribution in [1.82, 2.24) is 4.90 Å². The number of β-amino-alcohol motifs (C(OH)–C–C–N with tert-alkyl or cyclic N) is 2. The molecule has 2 N–H and O–H groups in total. The van der Waals surface area contributed by atoms with Crippen LogP contribution in [0.4, 0.5) is 0 Å². The fraction of sp³-hybridized carbons (Fsp3) is 0.500. The van der Waals surface area contributed by atoms with Crippen LogP contribution in [0.3, 0.4) is 0 Å². The van der Waals surface area contributed by atoms with Crippen LogP contribution in [0.1, 0.15) is 15.2 Å². The van der Waals surface area contributed by atoms with E-state index in [1.807, 2.05) is 18.4 Å². The molecule has 1 aromatic rings. The maximum absolute atomic E-state index is 11.9. The minimum absolute atomic E-state index is 0.0990. The van der Waals surface area contributed by atoms with Gasteiger partial charge < -0.3 is 15.1 Å². The van der Waals surface area contributed by atoms with Gasteiger partial charge in [0.2, 0.25) is 0 Å². The maximum Gasteiger partial charge on any atom is 0.264 e. The Kier molecular flexibility index (Phi) is 2.77. The van der Waals surface area contributed by atoms with E-state index in [1.54, 1.807) is 0 Å². The van der Waals surface area contributed by atoms with Crippen molar-refractivity contribution in [3.05, 3.63) is 21.9 Å². The highest BCUT2D eigenvalue weighted by Gasteiger charge is 2.33. The van der Waals surface area contributed by atoms with E-state index in [0.29, 0.717) is 4.88 Å². The zero-order valence-corrected chi connectivity index (χ0v) is 9.20. The summed E-state index contributed by atoms with van der Waals surface area (Å²) in [6, 6.07) is 1.89. The van der Waals surface area contributed by atoms with Gasteiger partial charge in [-0.3, -0.25) is 4.79 Å². The number of thiophene rings is 1. The van der Waals surface area contributed by atoms with Crippen LogP contribution >= 0.6 is 11.3 Å². The van der Waals surface area contributed by atoms with Crippen molar-refractivity contribution in [3.63, 3.8) is 0 Å². The molecule has 0 aliphatic carbocycles. The minimum atomic E-state index is -0.811. The summed E-state index contributed by atoms with van der Waals surface area (Å²) in [5.74, 6) is -0.0990. The van der Waals surface area contributed by atoms with Crippen molar-refractivity contribution >= 4 is 17.2 Å². The Morgan fingerprint density at radius 1 is 1.47 bits per heavy atom. The summed E-state index contributed by atoms with van der Waals surface area (Å²) in [7, 11) is 0. The van der Waals surface area contributed by atoms with Crippen LogP contribution in [0.15, 0.2) is 11.4 Å². The number of hydrogen-bond acceptors (Lipinski definition) is 4. The first kappa shape index (κ1) is 10.6. The monoisotopic (exact) mass is 227 g/mol. The van der Waals surface area contributed by atoms with Crippen LogP contribution in [0.25, 0.3) is 0 Å². The third-order valence-corrected chi connectivity index (χ3v) is 3.61. The molecule has 1 saturated heterocycles. The highest BCUT2D eigenvalue weighted by Crippen LogP contribution is 2.20. The third kappa shape index (κ3) is 1.90. The largest absolute Gasteiger partial charge is 0.388 e. The zero-order valence-electron chi connectivity index (χ0n) is 8.38. The topological polar surface area (TPSA) is 60.8 Å². The van der Waals surface area contributed by atoms with Gasteiger partial charge in [-0.2, -0.15) is 0 Å². The molecule has 0 unspecified atom stereocenters. The smallest absolute Gasteiger partial charge is 0.264 e. The van der Waals surface area contributed by atoms with E-state index in [0.717, 1.165) is 5.56 Å². The number of aryl methyl sites for hydroxylation is 1. The van der Waals surface area contributed by atoms with Crippen LogP contribution in [-0.2, 0) is 0 Å².